The van der Waals surface area contributed by atoms with Crippen LogP contribution < -0.4 is 18.9 Å². The van der Waals surface area contributed by atoms with Crippen molar-refractivity contribution >= 4 is 29.9 Å². The summed E-state index contributed by atoms with van der Waals surface area (Å²) in [5.41, 5.74) is -6.07. The third-order valence-electron chi connectivity index (χ3n) is 1.91. The molecule has 0 aromatic rings. The van der Waals surface area contributed by atoms with Crippen LogP contribution in [0.4, 0.5) is 13.2 Å². The summed E-state index contributed by atoms with van der Waals surface area (Å²) in [5.74, 6) is 0. The van der Waals surface area contributed by atoms with E-state index in [0.29, 0.717) is 28.2 Å². The van der Waals surface area contributed by atoms with Crippen molar-refractivity contribution in [3.05, 3.63) is 3.91 Å². The number of sulfone groups is 1. The molecular weight excluding hydrogens is 356 g/mol. The van der Waals surface area contributed by atoms with Gasteiger partial charge in [0.15, 0.2) is 9.84 Å². The molecule has 0 radical (unpaired) electrons. The minimum Gasteiger partial charge on any atom is -0.251 e. The fraction of sp³-hybridized carbons (Fsp3) is 0.833. The van der Waals surface area contributed by atoms with Gasteiger partial charge in [0.25, 0.3) is 0 Å². The first-order valence-electron chi connectivity index (χ1n) is 4.54. The number of nitrogens with zero attached hydrogens (tertiary/aromatic N) is 2. The Hall–Kier alpha value is 0.157. The van der Waals surface area contributed by atoms with Crippen LogP contribution in [0.3, 0.4) is 0 Å². The molecule has 0 aromatic heterocycles. The van der Waals surface area contributed by atoms with Crippen molar-refractivity contribution in [3.63, 3.8) is 0 Å². The van der Waals surface area contributed by atoms with Gasteiger partial charge in [-0.2, -0.15) is 13.2 Å². The molecule has 0 atom stereocenters. The van der Waals surface area contributed by atoms with Crippen molar-refractivity contribution in [2.75, 3.05) is 28.2 Å². The van der Waals surface area contributed by atoms with Crippen LogP contribution in [-0.2, 0) is 29.9 Å². The van der Waals surface area contributed by atoms with E-state index >= 15 is 0 Å². The van der Waals surface area contributed by atoms with Gasteiger partial charge in [-0.25, -0.2) is 25.4 Å². The number of sulfonamides is 2. The molecule has 0 rings (SSSR count). The van der Waals surface area contributed by atoms with Crippen molar-refractivity contribution < 1.29 is 57.3 Å². The second kappa shape index (κ2) is 6.73. The molecule has 0 aliphatic rings. The van der Waals surface area contributed by atoms with Crippen LogP contribution in [0.15, 0.2) is 0 Å². The summed E-state index contributed by atoms with van der Waals surface area (Å²) < 4.78 is 104. The maximum atomic E-state index is 12.5. The molecule has 15 heteroatoms. The largest absolute Gasteiger partial charge is 1.00 e. The van der Waals surface area contributed by atoms with E-state index < -0.39 is 39.3 Å². The van der Waals surface area contributed by atoms with Gasteiger partial charge in [0.05, 0.1) is 3.91 Å². The van der Waals surface area contributed by atoms with Crippen LogP contribution in [0.25, 0.3) is 0 Å². The SMILES string of the molecule is CN(C)S(=O)(=O)[C-](S(=O)(=O)N(C)C)S(=O)(=O)C(F)(F)F.[Li+]. The summed E-state index contributed by atoms with van der Waals surface area (Å²) in [6.45, 7) is 0. The van der Waals surface area contributed by atoms with Gasteiger partial charge in [0.1, 0.15) is 20.0 Å². The fourth-order valence-corrected chi connectivity index (χ4v) is 7.23. The van der Waals surface area contributed by atoms with Crippen LogP contribution in [0.1, 0.15) is 0 Å². The third kappa shape index (κ3) is 4.33. The average molecular weight is 368 g/mol. The van der Waals surface area contributed by atoms with Gasteiger partial charge >= 0.3 is 24.4 Å². The van der Waals surface area contributed by atoms with Crippen LogP contribution in [0.5, 0.6) is 0 Å². The average Bonchev–Trinajstić information content (AvgIpc) is 2.13. The smallest absolute Gasteiger partial charge is 0.251 e. The molecule has 122 valence electrons. The zero-order valence-electron chi connectivity index (χ0n) is 11.7. The van der Waals surface area contributed by atoms with Crippen molar-refractivity contribution in [2.24, 2.45) is 0 Å². The van der Waals surface area contributed by atoms with Crippen molar-refractivity contribution in [1.82, 2.24) is 8.61 Å². The predicted molar refractivity (Wildman–Crippen MR) is 63.4 cm³/mol. The van der Waals surface area contributed by atoms with E-state index in [9.17, 15) is 38.4 Å². The molecule has 0 spiro atoms. The summed E-state index contributed by atoms with van der Waals surface area (Å²) in [4.78, 5) is 0. The molecule has 0 unspecified atom stereocenters. The van der Waals surface area contributed by atoms with Gasteiger partial charge in [-0.05, 0) is 28.2 Å². The van der Waals surface area contributed by atoms with Gasteiger partial charge in [0.2, 0.25) is 0 Å². The molecule has 21 heavy (non-hydrogen) atoms. The van der Waals surface area contributed by atoms with Gasteiger partial charge in [-0.3, -0.25) is 8.42 Å². The van der Waals surface area contributed by atoms with E-state index in [1.165, 1.54) is 0 Å². The van der Waals surface area contributed by atoms with Gasteiger partial charge in [0, 0.05) is 0 Å². The van der Waals surface area contributed by atoms with Crippen LogP contribution >= 0.6 is 0 Å². The number of hydrogen-bond donors (Lipinski definition) is 0. The second-order valence-electron chi connectivity index (χ2n) is 3.77. The maximum absolute atomic E-state index is 12.5. The summed E-state index contributed by atoms with van der Waals surface area (Å²) in [7, 11) is -14.5. The van der Waals surface area contributed by atoms with E-state index in [1.54, 1.807) is 0 Å². The zero-order valence-corrected chi connectivity index (χ0v) is 14.2. The molecule has 0 saturated heterocycles. The molecule has 0 saturated carbocycles. The first kappa shape index (κ1) is 23.4. The predicted octanol–water partition coefficient (Wildman–Crippen LogP) is -3.85. The quantitative estimate of drug-likeness (QED) is 0.363. The molecule has 0 N–H and O–H groups in total. The maximum Gasteiger partial charge on any atom is 1.00 e. The van der Waals surface area contributed by atoms with Crippen molar-refractivity contribution in [2.45, 2.75) is 5.51 Å². The van der Waals surface area contributed by atoms with E-state index in [-0.39, 0.29) is 27.5 Å². The number of rotatable bonds is 5. The first-order valence-corrected chi connectivity index (χ1v) is 8.90. The second-order valence-corrected chi connectivity index (χ2v) is 10.6. The molecule has 0 aliphatic heterocycles. The molecule has 0 amide bonds. The van der Waals surface area contributed by atoms with Gasteiger partial charge in [-0.15, -0.1) is 0 Å². The number of halogens is 3. The number of hydrogen-bond acceptors (Lipinski definition) is 6. The molecular formula is C6H12F3LiN2O6S3. The Bertz CT molecular complexity index is 629. The third-order valence-corrected chi connectivity index (χ3v) is 9.56. The van der Waals surface area contributed by atoms with Gasteiger partial charge < -0.3 is 0 Å². The summed E-state index contributed by atoms with van der Waals surface area (Å²) >= 11 is 0. The Labute approximate surface area is 133 Å². The minimum absolute atomic E-state index is 0. The summed E-state index contributed by atoms with van der Waals surface area (Å²) in [6.07, 6.45) is 0. The molecule has 8 nitrogen and oxygen atoms in total. The molecule has 0 heterocycles. The normalized spacial score (nSPS) is 14.6. The van der Waals surface area contributed by atoms with Gasteiger partial charge in [-0.1, -0.05) is 0 Å². The molecule has 0 aliphatic carbocycles. The topological polar surface area (TPSA) is 109 Å². The zero-order chi connectivity index (χ0) is 16.7. The Balaban J connectivity index is 0. The summed E-state index contributed by atoms with van der Waals surface area (Å²) in [6, 6.07) is 0. The van der Waals surface area contributed by atoms with E-state index in [1.807, 2.05) is 0 Å². The molecule has 0 bridgehead atoms. The summed E-state index contributed by atoms with van der Waals surface area (Å²) in [5, 5.41) is 0. The monoisotopic (exact) mass is 368 g/mol. The Kier molecular flexibility index (Phi) is 7.51. The van der Waals surface area contributed by atoms with Crippen LogP contribution in [-0.4, -0.2) is 67.6 Å². The van der Waals surface area contributed by atoms with Crippen LogP contribution in [0, 0.1) is 3.91 Å². The standard InChI is InChI=1S/C6H12F3N2O6S3.Li/c1-10(2)19(14,15)5(20(16,17)11(3)4)18(12,13)6(7,8)9;/h1-4H3;/q-1;+1. The minimum atomic E-state index is -6.59. The Morgan fingerprint density at radius 3 is 1.14 bits per heavy atom. The van der Waals surface area contributed by atoms with E-state index in [0.717, 1.165) is 0 Å². The number of alkyl halides is 3. The van der Waals surface area contributed by atoms with Crippen molar-refractivity contribution in [1.29, 1.82) is 0 Å². The van der Waals surface area contributed by atoms with Crippen molar-refractivity contribution in [3.8, 4) is 0 Å². The first-order chi connectivity index (χ1) is 8.50. The fourth-order valence-electron chi connectivity index (χ4n) is 0.803. The molecule has 0 aromatic carbocycles. The van der Waals surface area contributed by atoms with Crippen LogP contribution in [0.2, 0.25) is 0 Å². The molecule has 0 fully saturated rings. The Morgan fingerprint density at radius 1 is 0.762 bits per heavy atom. The Morgan fingerprint density at radius 2 is 1.00 bits per heavy atom. The van der Waals surface area contributed by atoms with E-state index in [2.05, 4.69) is 0 Å². The van der Waals surface area contributed by atoms with E-state index in [4.69, 9.17) is 0 Å².